The summed E-state index contributed by atoms with van der Waals surface area (Å²) in [5.41, 5.74) is 6.54. The van der Waals surface area contributed by atoms with E-state index in [0.29, 0.717) is 10.8 Å². The fourth-order valence-corrected chi connectivity index (χ4v) is 2.26. The van der Waals surface area contributed by atoms with Crippen molar-refractivity contribution in [3.8, 4) is 0 Å². The first-order valence-electron chi connectivity index (χ1n) is 4.86. The van der Waals surface area contributed by atoms with Crippen molar-refractivity contribution < 1.29 is 9.90 Å². The van der Waals surface area contributed by atoms with Crippen LogP contribution >= 0.6 is 23.4 Å². The summed E-state index contributed by atoms with van der Waals surface area (Å²) < 4.78 is 0. The summed E-state index contributed by atoms with van der Waals surface area (Å²) in [6.07, 6.45) is 0. The molecule has 0 radical (unpaired) electrons. The number of carboxylic acid groups (broad SMARTS) is 1. The number of hydrogen-bond donors (Lipinski definition) is 2. The number of thioether (sulfide) groups is 1. The molecular formula is C11H14ClNO2S. The first-order valence-corrected chi connectivity index (χ1v) is 6.29. The first kappa shape index (κ1) is 13.4. The predicted octanol–water partition coefficient (Wildman–Crippen LogP) is 2.55. The fourth-order valence-electron chi connectivity index (χ4n) is 1.15. The van der Waals surface area contributed by atoms with Gasteiger partial charge < -0.3 is 10.8 Å². The number of nitrogens with two attached hydrogens (primary N) is 1. The third-order valence-electron chi connectivity index (χ3n) is 2.18. The molecule has 1 unspecified atom stereocenters. The van der Waals surface area contributed by atoms with Crippen LogP contribution < -0.4 is 5.73 Å². The minimum Gasteiger partial charge on any atom is -0.480 e. The number of aliphatic carboxylic acids is 1. The Balaban J connectivity index is 2.49. The van der Waals surface area contributed by atoms with E-state index in [-0.39, 0.29) is 5.25 Å². The number of carbonyl (C=O) groups is 1. The molecule has 88 valence electrons. The van der Waals surface area contributed by atoms with E-state index in [0.717, 1.165) is 5.56 Å². The van der Waals surface area contributed by atoms with Gasteiger partial charge in [0.25, 0.3) is 0 Å². The molecule has 0 saturated carbocycles. The quantitative estimate of drug-likeness (QED) is 0.853. The van der Waals surface area contributed by atoms with Gasteiger partial charge in [0.15, 0.2) is 0 Å². The van der Waals surface area contributed by atoms with Gasteiger partial charge in [-0.3, -0.25) is 4.79 Å². The van der Waals surface area contributed by atoms with Crippen molar-refractivity contribution in [2.24, 2.45) is 5.73 Å². The summed E-state index contributed by atoms with van der Waals surface area (Å²) in [5.74, 6) is -0.560. The SMILES string of the molecule is CC(SC[C@H](N)C(=O)O)c1ccc(Cl)cc1. The van der Waals surface area contributed by atoms with Crippen LogP contribution in [0, 0.1) is 0 Å². The normalized spacial score (nSPS) is 14.4. The lowest BCUT2D eigenvalue weighted by Gasteiger charge is -2.13. The van der Waals surface area contributed by atoms with E-state index in [1.165, 1.54) is 11.8 Å². The maximum atomic E-state index is 10.5. The lowest BCUT2D eigenvalue weighted by atomic mass is 10.2. The average molecular weight is 260 g/mol. The summed E-state index contributed by atoms with van der Waals surface area (Å²) in [6.45, 7) is 2.02. The molecule has 0 spiro atoms. The summed E-state index contributed by atoms with van der Waals surface area (Å²) in [6, 6.07) is 6.72. The van der Waals surface area contributed by atoms with Crippen LogP contribution in [-0.4, -0.2) is 22.9 Å². The standard InChI is InChI=1S/C11H14ClNO2S/c1-7(16-6-10(13)11(14)15)8-2-4-9(12)5-3-8/h2-5,7,10H,6,13H2,1H3,(H,14,15)/t7?,10-/m0/s1. The second kappa shape index (κ2) is 6.13. The Morgan fingerprint density at radius 1 is 1.50 bits per heavy atom. The third kappa shape index (κ3) is 4.04. The molecule has 0 heterocycles. The van der Waals surface area contributed by atoms with Gasteiger partial charge in [0.1, 0.15) is 6.04 Å². The minimum absolute atomic E-state index is 0.211. The molecule has 0 saturated heterocycles. The molecule has 0 fully saturated rings. The Labute approximate surface area is 104 Å². The third-order valence-corrected chi connectivity index (χ3v) is 3.76. The van der Waals surface area contributed by atoms with Crippen molar-refractivity contribution in [1.29, 1.82) is 0 Å². The molecule has 0 amide bonds. The van der Waals surface area contributed by atoms with Crippen LogP contribution in [0.2, 0.25) is 5.02 Å². The second-order valence-electron chi connectivity index (χ2n) is 3.47. The van der Waals surface area contributed by atoms with Gasteiger partial charge in [0.2, 0.25) is 0 Å². The largest absolute Gasteiger partial charge is 0.480 e. The molecule has 0 bridgehead atoms. The van der Waals surface area contributed by atoms with E-state index >= 15 is 0 Å². The highest BCUT2D eigenvalue weighted by atomic mass is 35.5. The molecule has 2 atom stereocenters. The summed E-state index contributed by atoms with van der Waals surface area (Å²) in [4.78, 5) is 10.5. The second-order valence-corrected chi connectivity index (χ2v) is 5.28. The maximum Gasteiger partial charge on any atom is 0.321 e. The summed E-state index contributed by atoms with van der Waals surface area (Å²) in [7, 11) is 0. The predicted molar refractivity (Wildman–Crippen MR) is 67.9 cm³/mol. The number of hydrogen-bond acceptors (Lipinski definition) is 3. The van der Waals surface area contributed by atoms with Gasteiger partial charge >= 0.3 is 5.97 Å². The fraction of sp³-hybridized carbons (Fsp3) is 0.364. The minimum atomic E-state index is -0.962. The van der Waals surface area contributed by atoms with Gasteiger partial charge in [0, 0.05) is 16.0 Å². The van der Waals surface area contributed by atoms with E-state index < -0.39 is 12.0 Å². The Bertz CT molecular complexity index is 356. The highest BCUT2D eigenvalue weighted by Gasteiger charge is 2.14. The molecule has 1 aromatic rings. The topological polar surface area (TPSA) is 63.3 Å². The molecule has 0 aliphatic carbocycles. The number of halogens is 1. The number of carboxylic acids is 1. The molecular weight excluding hydrogens is 246 g/mol. The molecule has 0 aliphatic heterocycles. The molecule has 1 rings (SSSR count). The Morgan fingerprint density at radius 3 is 2.56 bits per heavy atom. The van der Waals surface area contributed by atoms with Gasteiger partial charge in [-0.2, -0.15) is 11.8 Å². The Hall–Kier alpha value is -0.710. The van der Waals surface area contributed by atoms with Crippen molar-refractivity contribution >= 4 is 29.3 Å². The highest BCUT2D eigenvalue weighted by Crippen LogP contribution is 2.29. The molecule has 5 heteroatoms. The number of benzene rings is 1. The molecule has 3 nitrogen and oxygen atoms in total. The van der Waals surface area contributed by atoms with Crippen molar-refractivity contribution in [2.75, 3.05) is 5.75 Å². The molecule has 16 heavy (non-hydrogen) atoms. The number of rotatable bonds is 5. The van der Waals surface area contributed by atoms with Crippen LogP contribution in [0.3, 0.4) is 0 Å². The van der Waals surface area contributed by atoms with Crippen molar-refractivity contribution in [1.82, 2.24) is 0 Å². The average Bonchev–Trinajstić information content (AvgIpc) is 2.26. The monoisotopic (exact) mass is 259 g/mol. The summed E-state index contributed by atoms with van der Waals surface area (Å²) >= 11 is 7.30. The van der Waals surface area contributed by atoms with Crippen molar-refractivity contribution in [3.05, 3.63) is 34.9 Å². The van der Waals surface area contributed by atoms with E-state index in [2.05, 4.69) is 0 Å². The molecule has 3 N–H and O–H groups in total. The zero-order valence-electron chi connectivity index (χ0n) is 8.89. The Morgan fingerprint density at radius 2 is 2.06 bits per heavy atom. The van der Waals surface area contributed by atoms with Gasteiger partial charge in [0.05, 0.1) is 0 Å². The van der Waals surface area contributed by atoms with Gasteiger partial charge in [-0.25, -0.2) is 0 Å². The highest BCUT2D eigenvalue weighted by molar-refractivity contribution is 7.99. The lowest BCUT2D eigenvalue weighted by molar-refractivity contribution is -0.137. The van der Waals surface area contributed by atoms with Crippen LogP contribution in [0.5, 0.6) is 0 Å². The van der Waals surface area contributed by atoms with Crippen LogP contribution in [-0.2, 0) is 4.79 Å². The van der Waals surface area contributed by atoms with Crippen molar-refractivity contribution in [2.45, 2.75) is 18.2 Å². The zero-order valence-corrected chi connectivity index (χ0v) is 10.5. The van der Waals surface area contributed by atoms with Crippen LogP contribution in [0.1, 0.15) is 17.7 Å². The van der Waals surface area contributed by atoms with Crippen LogP contribution in [0.25, 0.3) is 0 Å². The van der Waals surface area contributed by atoms with Gasteiger partial charge in [-0.05, 0) is 24.6 Å². The van der Waals surface area contributed by atoms with E-state index in [4.69, 9.17) is 22.4 Å². The molecule has 0 aliphatic rings. The summed E-state index contributed by atoms with van der Waals surface area (Å²) in [5, 5.41) is 9.55. The zero-order chi connectivity index (χ0) is 12.1. The maximum absolute atomic E-state index is 10.5. The van der Waals surface area contributed by atoms with Crippen LogP contribution in [0.4, 0.5) is 0 Å². The Kier molecular flexibility index (Phi) is 5.12. The van der Waals surface area contributed by atoms with E-state index in [1.807, 2.05) is 31.2 Å². The lowest BCUT2D eigenvalue weighted by Crippen LogP contribution is -2.32. The van der Waals surface area contributed by atoms with Crippen LogP contribution in [0.15, 0.2) is 24.3 Å². The van der Waals surface area contributed by atoms with Gasteiger partial charge in [-0.15, -0.1) is 0 Å². The molecule has 1 aromatic carbocycles. The first-order chi connectivity index (χ1) is 7.50. The van der Waals surface area contributed by atoms with E-state index in [1.54, 1.807) is 0 Å². The van der Waals surface area contributed by atoms with E-state index in [9.17, 15) is 4.79 Å². The van der Waals surface area contributed by atoms with Gasteiger partial charge in [-0.1, -0.05) is 23.7 Å². The smallest absolute Gasteiger partial charge is 0.321 e. The molecule has 0 aromatic heterocycles. The van der Waals surface area contributed by atoms with Crippen molar-refractivity contribution in [3.63, 3.8) is 0 Å².